The number of aliphatic hydroxyl groups excluding tert-OH is 1. The van der Waals surface area contributed by atoms with Crippen molar-refractivity contribution in [3.05, 3.63) is 47.8 Å². The van der Waals surface area contributed by atoms with Crippen molar-refractivity contribution >= 4 is 11.6 Å². The van der Waals surface area contributed by atoms with Crippen LogP contribution in [0.1, 0.15) is 30.8 Å². The number of nitrogens with zero attached hydrogens (tertiary/aromatic N) is 2. The predicted octanol–water partition coefficient (Wildman–Crippen LogP) is 1.86. The van der Waals surface area contributed by atoms with E-state index in [9.17, 15) is 5.11 Å². The van der Waals surface area contributed by atoms with E-state index in [1.807, 2.05) is 30.3 Å². The van der Waals surface area contributed by atoms with Crippen molar-refractivity contribution in [2.24, 2.45) is 5.84 Å². The van der Waals surface area contributed by atoms with Crippen LogP contribution in [0.2, 0.25) is 0 Å². The minimum Gasteiger partial charge on any atom is -0.387 e. The first kappa shape index (κ1) is 15.2. The van der Waals surface area contributed by atoms with Crippen molar-refractivity contribution in [2.75, 3.05) is 17.3 Å². The lowest BCUT2D eigenvalue weighted by Crippen LogP contribution is -2.15. The van der Waals surface area contributed by atoms with Crippen LogP contribution in [-0.4, -0.2) is 21.6 Å². The van der Waals surface area contributed by atoms with Crippen molar-refractivity contribution in [1.29, 1.82) is 0 Å². The topological polar surface area (TPSA) is 96.1 Å². The van der Waals surface area contributed by atoms with E-state index in [1.165, 1.54) is 0 Å². The number of rotatable bonds is 7. The Labute approximate surface area is 124 Å². The number of aryl methyl sites for hydroxylation is 1. The molecule has 0 spiro atoms. The van der Waals surface area contributed by atoms with Gasteiger partial charge in [0.05, 0.1) is 6.10 Å². The first-order valence-corrected chi connectivity index (χ1v) is 7.04. The second-order valence-corrected chi connectivity index (χ2v) is 4.76. The van der Waals surface area contributed by atoms with Crippen LogP contribution in [0.5, 0.6) is 0 Å². The van der Waals surface area contributed by atoms with Gasteiger partial charge in [0, 0.05) is 19.0 Å². The first-order chi connectivity index (χ1) is 10.2. The van der Waals surface area contributed by atoms with Gasteiger partial charge in [-0.05, 0) is 12.0 Å². The molecule has 2 aromatic rings. The fourth-order valence-corrected chi connectivity index (χ4v) is 1.99. The molecule has 0 saturated carbocycles. The molecule has 112 valence electrons. The second-order valence-electron chi connectivity index (χ2n) is 4.76. The monoisotopic (exact) mass is 287 g/mol. The van der Waals surface area contributed by atoms with Crippen molar-refractivity contribution in [1.82, 2.24) is 9.97 Å². The molecule has 0 aliphatic heterocycles. The van der Waals surface area contributed by atoms with Crippen LogP contribution < -0.4 is 16.6 Å². The summed E-state index contributed by atoms with van der Waals surface area (Å²) < 4.78 is 0. The van der Waals surface area contributed by atoms with Gasteiger partial charge in [-0.1, -0.05) is 37.3 Å². The maximum Gasteiger partial charge on any atom is 0.145 e. The molecule has 0 fully saturated rings. The summed E-state index contributed by atoms with van der Waals surface area (Å²) in [6.07, 6.45) is 1.15. The molecular weight excluding hydrogens is 266 g/mol. The highest BCUT2D eigenvalue weighted by Crippen LogP contribution is 2.15. The number of hydrazine groups is 1. The van der Waals surface area contributed by atoms with E-state index in [4.69, 9.17) is 5.84 Å². The highest BCUT2D eigenvalue weighted by Gasteiger charge is 2.08. The third-order valence-electron chi connectivity index (χ3n) is 3.05. The molecule has 0 radical (unpaired) electrons. The molecule has 6 heteroatoms. The summed E-state index contributed by atoms with van der Waals surface area (Å²) in [5, 5.41) is 13.3. The van der Waals surface area contributed by atoms with Gasteiger partial charge in [-0.3, -0.25) is 0 Å². The number of benzene rings is 1. The van der Waals surface area contributed by atoms with E-state index in [0.29, 0.717) is 18.2 Å². The summed E-state index contributed by atoms with van der Waals surface area (Å²) in [6.45, 7) is 2.44. The molecule has 1 aromatic carbocycles. The van der Waals surface area contributed by atoms with Crippen LogP contribution in [0.25, 0.3) is 0 Å². The van der Waals surface area contributed by atoms with Gasteiger partial charge < -0.3 is 15.8 Å². The molecule has 1 heterocycles. The quantitative estimate of drug-likeness (QED) is 0.458. The van der Waals surface area contributed by atoms with Gasteiger partial charge in [0.1, 0.15) is 17.5 Å². The Morgan fingerprint density at radius 1 is 1.19 bits per heavy atom. The van der Waals surface area contributed by atoms with E-state index in [2.05, 4.69) is 27.6 Å². The summed E-state index contributed by atoms with van der Waals surface area (Å²) >= 11 is 0. The Balaban J connectivity index is 2.03. The van der Waals surface area contributed by atoms with Gasteiger partial charge >= 0.3 is 0 Å². The number of hydrogen-bond acceptors (Lipinski definition) is 6. The zero-order valence-corrected chi connectivity index (χ0v) is 12.1. The Morgan fingerprint density at radius 3 is 2.57 bits per heavy atom. The van der Waals surface area contributed by atoms with E-state index in [0.717, 1.165) is 24.2 Å². The summed E-state index contributed by atoms with van der Waals surface area (Å²) in [6, 6.07) is 11.2. The summed E-state index contributed by atoms with van der Waals surface area (Å²) in [7, 11) is 0. The fourth-order valence-electron chi connectivity index (χ4n) is 1.99. The van der Waals surface area contributed by atoms with E-state index in [1.54, 1.807) is 6.07 Å². The third kappa shape index (κ3) is 4.40. The number of anilines is 2. The van der Waals surface area contributed by atoms with Gasteiger partial charge in [0.25, 0.3) is 0 Å². The number of aromatic nitrogens is 2. The number of aliphatic hydroxyl groups is 1. The van der Waals surface area contributed by atoms with E-state index < -0.39 is 6.10 Å². The lowest BCUT2D eigenvalue weighted by molar-refractivity contribution is 0.191. The van der Waals surface area contributed by atoms with Crippen LogP contribution in [0.15, 0.2) is 36.4 Å². The SMILES string of the molecule is CCCc1nc(NN)cc(NCC(O)c2ccccc2)n1. The van der Waals surface area contributed by atoms with Crippen LogP contribution >= 0.6 is 0 Å². The minimum absolute atomic E-state index is 0.372. The van der Waals surface area contributed by atoms with Crippen LogP contribution in [0.4, 0.5) is 11.6 Å². The molecule has 2 rings (SSSR count). The molecule has 0 bridgehead atoms. The molecule has 0 aliphatic carbocycles. The lowest BCUT2D eigenvalue weighted by atomic mass is 10.1. The Morgan fingerprint density at radius 2 is 1.90 bits per heavy atom. The van der Waals surface area contributed by atoms with Crippen molar-refractivity contribution < 1.29 is 5.11 Å². The standard InChI is InChI=1S/C15H21N5O/c1-2-6-13-18-14(9-15(19-13)20-16)17-10-12(21)11-7-4-3-5-8-11/h3-5,7-9,12,21H,2,6,10,16H2,1H3,(H2,17,18,19,20). The molecule has 6 nitrogen and oxygen atoms in total. The minimum atomic E-state index is -0.593. The summed E-state index contributed by atoms with van der Waals surface area (Å²) in [5.74, 6) is 7.35. The van der Waals surface area contributed by atoms with Gasteiger partial charge in [-0.15, -0.1) is 0 Å². The first-order valence-electron chi connectivity index (χ1n) is 7.04. The summed E-state index contributed by atoms with van der Waals surface area (Å²) in [4.78, 5) is 8.69. The molecule has 0 amide bonds. The van der Waals surface area contributed by atoms with E-state index >= 15 is 0 Å². The second kappa shape index (κ2) is 7.56. The number of nitrogens with two attached hydrogens (primary N) is 1. The Bertz CT molecular complexity index is 561. The lowest BCUT2D eigenvalue weighted by Gasteiger charge is -2.14. The maximum absolute atomic E-state index is 10.1. The molecule has 1 aromatic heterocycles. The molecule has 5 N–H and O–H groups in total. The van der Waals surface area contributed by atoms with Crippen molar-refractivity contribution in [3.8, 4) is 0 Å². The van der Waals surface area contributed by atoms with Gasteiger partial charge in [-0.25, -0.2) is 15.8 Å². The highest BCUT2D eigenvalue weighted by atomic mass is 16.3. The normalized spacial score (nSPS) is 12.0. The largest absolute Gasteiger partial charge is 0.387 e. The molecule has 1 atom stereocenters. The van der Waals surface area contributed by atoms with E-state index in [-0.39, 0.29) is 0 Å². The fraction of sp³-hybridized carbons (Fsp3) is 0.333. The molecule has 21 heavy (non-hydrogen) atoms. The highest BCUT2D eigenvalue weighted by molar-refractivity contribution is 5.47. The average molecular weight is 287 g/mol. The Kier molecular flexibility index (Phi) is 5.48. The molecule has 0 aliphatic rings. The van der Waals surface area contributed by atoms with Crippen molar-refractivity contribution in [3.63, 3.8) is 0 Å². The predicted molar refractivity (Wildman–Crippen MR) is 83.7 cm³/mol. The molecule has 1 unspecified atom stereocenters. The van der Waals surface area contributed by atoms with Crippen LogP contribution in [-0.2, 0) is 6.42 Å². The Hall–Kier alpha value is -2.18. The third-order valence-corrected chi connectivity index (χ3v) is 3.05. The number of nitrogens with one attached hydrogen (secondary N) is 2. The molecule has 0 saturated heterocycles. The zero-order valence-electron chi connectivity index (χ0n) is 12.1. The molecular formula is C15H21N5O. The van der Waals surface area contributed by atoms with Gasteiger partial charge in [0.2, 0.25) is 0 Å². The smallest absolute Gasteiger partial charge is 0.145 e. The van der Waals surface area contributed by atoms with Crippen LogP contribution in [0.3, 0.4) is 0 Å². The number of nitrogen functional groups attached to an aromatic ring is 1. The average Bonchev–Trinajstić information content (AvgIpc) is 2.53. The van der Waals surface area contributed by atoms with Crippen LogP contribution in [0, 0.1) is 0 Å². The van der Waals surface area contributed by atoms with Gasteiger partial charge in [0.15, 0.2) is 0 Å². The van der Waals surface area contributed by atoms with Gasteiger partial charge in [-0.2, -0.15) is 0 Å². The van der Waals surface area contributed by atoms with Crippen molar-refractivity contribution in [2.45, 2.75) is 25.9 Å². The zero-order chi connectivity index (χ0) is 15.1. The summed E-state index contributed by atoms with van der Waals surface area (Å²) in [5.41, 5.74) is 3.40. The number of hydrogen-bond donors (Lipinski definition) is 4. The maximum atomic E-state index is 10.1.